The number of hydrogen-bond acceptors (Lipinski definition) is 2. The van der Waals surface area contributed by atoms with Crippen LogP contribution in [0.5, 0.6) is 0 Å². The molecule has 3 N–H and O–H groups in total. The van der Waals surface area contributed by atoms with E-state index in [0.29, 0.717) is 5.69 Å². The lowest BCUT2D eigenvalue weighted by Gasteiger charge is -2.20. The van der Waals surface area contributed by atoms with Crippen molar-refractivity contribution in [1.29, 1.82) is 0 Å². The zero-order valence-corrected chi connectivity index (χ0v) is 13.6. The highest BCUT2D eigenvalue weighted by Gasteiger charge is 2.17. The molecule has 2 aromatic carbocycles. The standard InChI is InChI=1S/C20H18N4O/c25-20(22-17-11-10-14-6-4-5-9-16(14)12-17)23-18-13-21-24-19(18)15-7-2-1-3-8-15/h1-11,13,17H,12H2,(H,21,24)(H2,22,23,25). The van der Waals surface area contributed by atoms with Gasteiger partial charge in [-0.1, -0.05) is 66.7 Å². The monoisotopic (exact) mass is 330 g/mol. The average molecular weight is 330 g/mol. The molecule has 4 rings (SSSR count). The van der Waals surface area contributed by atoms with Crippen LogP contribution in [0.2, 0.25) is 0 Å². The molecule has 0 spiro atoms. The van der Waals surface area contributed by atoms with Crippen LogP contribution in [0.4, 0.5) is 10.5 Å². The molecule has 1 atom stereocenters. The van der Waals surface area contributed by atoms with E-state index in [4.69, 9.17) is 0 Å². The number of nitrogens with zero attached hydrogens (tertiary/aromatic N) is 1. The van der Waals surface area contributed by atoms with Gasteiger partial charge in [0, 0.05) is 5.56 Å². The molecule has 1 aromatic heterocycles. The summed E-state index contributed by atoms with van der Waals surface area (Å²) >= 11 is 0. The van der Waals surface area contributed by atoms with E-state index in [1.54, 1.807) is 6.20 Å². The van der Waals surface area contributed by atoms with E-state index >= 15 is 0 Å². The maximum absolute atomic E-state index is 12.4. The van der Waals surface area contributed by atoms with Crippen molar-refractivity contribution in [3.05, 3.63) is 78.0 Å². The third-order valence-electron chi connectivity index (χ3n) is 4.27. The summed E-state index contributed by atoms with van der Waals surface area (Å²) in [4.78, 5) is 12.4. The minimum Gasteiger partial charge on any atom is -0.331 e. The van der Waals surface area contributed by atoms with Crippen molar-refractivity contribution in [2.75, 3.05) is 5.32 Å². The topological polar surface area (TPSA) is 69.8 Å². The van der Waals surface area contributed by atoms with Crippen LogP contribution >= 0.6 is 0 Å². The molecule has 0 aliphatic heterocycles. The molecule has 25 heavy (non-hydrogen) atoms. The highest BCUT2D eigenvalue weighted by atomic mass is 16.2. The second-order valence-electron chi connectivity index (χ2n) is 5.99. The van der Waals surface area contributed by atoms with E-state index in [9.17, 15) is 4.79 Å². The summed E-state index contributed by atoms with van der Waals surface area (Å²) in [6, 6.07) is 17.7. The molecule has 0 fully saturated rings. The Morgan fingerprint density at radius 3 is 2.76 bits per heavy atom. The summed E-state index contributed by atoms with van der Waals surface area (Å²) in [5.41, 5.74) is 4.87. The van der Waals surface area contributed by atoms with Crippen LogP contribution in [-0.4, -0.2) is 22.3 Å². The van der Waals surface area contributed by atoms with Crippen molar-refractivity contribution in [2.45, 2.75) is 12.5 Å². The Morgan fingerprint density at radius 2 is 1.88 bits per heavy atom. The third kappa shape index (κ3) is 3.30. The molecule has 2 amide bonds. The van der Waals surface area contributed by atoms with Crippen molar-refractivity contribution in [3.63, 3.8) is 0 Å². The SMILES string of the molecule is O=C(Nc1cn[nH]c1-c1ccccc1)NC1C=Cc2ccccc2C1. The van der Waals surface area contributed by atoms with Gasteiger partial charge in [0.15, 0.2) is 0 Å². The number of aromatic nitrogens is 2. The molecule has 124 valence electrons. The number of aromatic amines is 1. The average Bonchev–Trinajstić information content (AvgIpc) is 3.10. The van der Waals surface area contributed by atoms with Crippen LogP contribution in [0.3, 0.4) is 0 Å². The molecule has 5 nitrogen and oxygen atoms in total. The van der Waals surface area contributed by atoms with Crippen LogP contribution < -0.4 is 10.6 Å². The number of urea groups is 1. The molecule has 0 radical (unpaired) electrons. The van der Waals surface area contributed by atoms with Gasteiger partial charge in [-0.3, -0.25) is 5.10 Å². The van der Waals surface area contributed by atoms with E-state index in [1.165, 1.54) is 11.1 Å². The van der Waals surface area contributed by atoms with Crippen LogP contribution in [0.25, 0.3) is 17.3 Å². The molecule has 0 saturated carbocycles. The first-order valence-corrected chi connectivity index (χ1v) is 8.22. The summed E-state index contributed by atoms with van der Waals surface area (Å²) in [5.74, 6) is 0. The number of hydrogen-bond donors (Lipinski definition) is 3. The third-order valence-corrected chi connectivity index (χ3v) is 4.27. The number of carbonyl (C=O) groups is 1. The lowest BCUT2D eigenvalue weighted by atomic mass is 9.94. The lowest BCUT2D eigenvalue weighted by Crippen LogP contribution is -2.39. The number of nitrogens with one attached hydrogen (secondary N) is 3. The Morgan fingerprint density at radius 1 is 1.08 bits per heavy atom. The van der Waals surface area contributed by atoms with Crippen molar-refractivity contribution < 1.29 is 4.79 Å². The molecule has 1 aliphatic carbocycles. The second-order valence-corrected chi connectivity index (χ2v) is 5.99. The number of fused-ring (bicyclic) bond motifs is 1. The van der Waals surface area contributed by atoms with Gasteiger partial charge in [-0.05, 0) is 17.5 Å². The molecule has 1 aliphatic rings. The van der Waals surface area contributed by atoms with Gasteiger partial charge < -0.3 is 10.6 Å². The number of amides is 2. The van der Waals surface area contributed by atoms with Crippen molar-refractivity contribution in [2.24, 2.45) is 0 Å². The first-order chi connectivity index (χ1) is 12.3. The predicted octanol–water partition coefficient (Wildman–Crippen LogP) is 3.84. The van der Waals surface area contributed by atoms with Crippen LogP contribution in [0.1, 0.15) is 11.1 Å². The fourth-order valence-electron chi connectivity index (χ4n) is 3.04. The Labute approximate surface area is 145 Å². The van der Waals surface area contributed by atoms with Crippen molar-refractivity contribution in [1.82, 2.24) is 15.5 Å². The Balaban J connectivity index is 1.44. The molecule has 0 bridgehead atoms. The van der Waals surface area contributed by atoms with Crippen molar-refractivity contribution in [3.8, 4) is 11.3 Å². The zero-order chi connectivity index (χ0) is 17.1. The quantitative estimate of drug-likeness (QED) is 0.683. The first-order valence-electron chi connectivity index (χ1n) is 8.22. The highest BCUT2D eigenvalue weighted by molar-refractivity contribution is 5.93. The molecular weight excluding hydrogens is 312 g/mol. The van der Waals surface area contributed by atoms with Crippen LogP contribution in [0.15, 0.2) is 66.9 Å². The van der Waals surface area contributed by atoms with Gasteiger partial charge in [-0.15, -0.1) is 0 Å². The number of anilines is 1. The van der Waals surface area contributed by atoms with E-state index in [-0.39, 0.29) is 12.1 Å². The summed E-state index contributed by atoms with van der Waals surface area (Å²) in [6.07, 6.45) is 6.48. The zero-order valence-electron chi connectivity index (χ0n) is 13.6. The Bertz CT molecular complexity index is 914. The van der Waals surface area contributed by atoms with Crippen LogP contribution in [-0.2, 0) is 6.42 Å². The summed E-state index contributed by atoms with van der Waals surface area (Å²) in [5, 5.41) is 12.9. The number of benzene rings is 2. The fourth-order valence-corrected chi connectivity index (χ4v) is 3.04. The van der Waals surface area contributed by atoms with Gasteiger partial charge in [0.05, 0.1) is 23.6 Å². The molecule has 1 unspecified atom stereocenters. The molecule has 3 aromatic rings. The molecule has 5 heteroatoms. The first kappa shape index (κ1) is 15.2. The van der Waals surface area contributed by atoms with E-state index in [1.807, 2.05) is 48.5 Å². The van der Waals surface area contributed by atoms with Gasteiger partial charge in [-0.25, -0.2) is 4.79 Å². The van der Waals surface area contributed by atoms with Crippen LogP contribution in [0, 0.1) is 0 Å². The van der Waals surface area contributed by atoms with Crippen molar-refractivity contribution >= 4 is 17.8 Å². The van der Waals surface area contributed by atoms with E-state index < -0.39 is 0 Å². The van der Waals surface area contributed by atoms with Gasteiger partial charge in [0.2, 0.25) is 0 Å². The number of rotatable bonds is 3. The molecular formula is C20H18N4O. The normalized spacial score (nSPS) is 15.4. The smallest absolute Gasteiger partial charge is 0.319 e. The maximum Gasteiger partial charge on any atom is 0.319 e. The number of carbonyl (C=O) groups excluding carboxylic acids is 1. The van der Waals surface area contributed by atoms with Gasteiger partial charge in [0.25, 0.3) is 0 Å². The molecule has 0 saturated heterocycles. The second kappa shape index (κ2) is 6.65. The van der Waals surface area contributed by atoms with E-state index in [2.05, 4.69) is 39.0 Å². The predicted molar refractivity (Wildman–Crippen MR) is 99.1 cm³/mol. The lowest BCUT2D eigenvalue weighted by molar-refractivity contribution is 0.250. The Hall–Kier alpha value is -3.34. The maximum atomic E-state index is 12.4. The van der Waals surface area contributed by atoms with E-state index in [0.717, 1.165) is 17.7 Å². The largest absolute Gasteiger partial charge is 0.331 e. The molecule has 1 heterocycles. The fraction of sp³-hybridized carbons (Fsp3) is 0.100. The summed E-state index contributed by atoms with van der Waals surface area (Å²) < 4.78 is 0. The highest BCUT2D eigenvalue weighted by Crippen LogP contribution is 2.25. The van der Waals surface area contributed by atoms with Gasteiger partial charge in [0.1, 0.15) is 0 Å². The number of H-pyrrole nitrogens is 1. The minimum atomic E-state index is -0.243. The summed E-state index contributed by atoms with van der Waals surface area (Å²) in [6.45, 7) is 0. The Kier molecular flexibility index (Phi) is 4.04. The minimum absolute atomic E-state index is 0.0259. The summed E-state index contributed by atoms with van der Waals surface area (Å²) in [7, 11) is 0. The van der Waals surface area contributed by atoms with Gasteiger partial charge in [-0.2, -0.15) is 5.10 Å². The van der Waals surface area contributed by atoms with Gasteiger partial charge >= 0.3 is 6.03 Å².